The molecule has 1 saturated heterocycles. The lowest BCUT2D eigenvalue weighted by Crippen LogP contribution is -2.29. The van der Waals surface area contributed by atoms with Gasteiger partial charge in [0.15, 0.2) is 0 Å². The number of carbonyl (C=O) groups is 2. The molecule has 1 atom stereocenters. The van der Waals surface area contributed by atoms with Crippen LogP contribution in [0.25, 0.3) is 5.76 Å². The van der Waals surface area contributed by atoms with Crippen LogP contribution in [0.2, 0.25) is 0 Å². The van der Waals surface area contributed by atoms with Crippen LogP contribution >= 0.6 is 0 Å². The van der Waals surface area contributed by atoms with Crippen molar-refractivity contribution in [3.63, 3.8) is 0 Å². The molecule has 6 heteroatoms. The van der Waals surface area contributed by atoms with Gasteiger partial charge in [-0.25, -0.2) is 0 Å². The minimum Gasteiger partial charge on any atom is -0.507 e. The molecule has 1 aromatic heterocycles. The van der Waals surface area contributed by atoms with Crippen molar-refractivity contribution in [2.45, 2.75) is 39.8 Å². The Kier molecular flexibility index (Phi) is 6.01. The molecule has 4 rings (SSSR count). The van der Waals surface area contributed by atoms with Crippen molar-refractivity contribution in [1.82, 2.24) is 4.98 Å². The maximum Gasteiger partial charge on any atom is 0.300 e. The van der Waals surface area contributed by atoms with E-state index in [0.29, 0.717) is 22.6 Å². The maximum absolute atomic E-state index is 13.2. The smallest absolute Gasteiger partial charge is 0.300 e. The molecule has 3 aromatic rings. The van der Waals surface area contributed by atoms with Crippen LogP contribution < -0.4 is 9.64 Å². The molecule has 2 aromatic carbocycles. The number of ketones is 1. The molecule has 0 bridgehead atoms. The monoisotopic (exact) mass is 442 g/mol. The summed E-state index contributed by atoms with van der Waals surface area (Å²) in [7, 11) is 0. The summed E-state index contributed by atoms with van der Waals surface area (Å²) < 4.78 is 5.67. The molecule has 1 aliphatic rings. The van der Waals surface area contributed by atoms with Gasteiger partial charge in [0.2, 0.25) is 0 Å². The highest BCUT2D eigenvalue weighted by Crippen LogP contribution is 2.42. The van der Waals surface area contributed by atoms with Gasteiger partial charge in [-0.3, -0.25) is 19.5 Å². The third-order valence-corrected chi connectivity index (χ3v) is 5.43. The Labute approximate surface area is 193 Å². The highest BCUT2D eigenvalue weighted by atomic mass is 16.5. The van der Waals surface area contributed by atoms with Gasteiger partial charge in [-0.05, 0) is 86.8 Å². The van der Waals surface area contributed by atoms with E-state index in [0.717, 1.165) is 11.1 Å². The Morgan fingerprint density at radius 2 is 1.70 bits per heavy atom. The zero-order chi connectivity index (χ0) is 23.7. The molecule has 168 valence electrons. The second kappa shape index (κ2) is 8.90. The topological polar surface area (TPSA) is 79.7 Å². The van der Waals surface area contributed by atoms with E-state index in [1.807, 2.05) is 45.9 Å². The average Bonchev–Trinajstić information content (AvgIpc) is 3.04. The molecule has 33 heavy (non-hydrogen) atoms. The van der Waals surface area contributed by atoms with Gasteiger partial charge >= 0.3 is 0 Å². The summed E-state index contributed by atoms with van der Waals surface area (Å²) in [4.78, 5) is 32.1. The molecule has 1 amide bonds. The molecule has 1 aliphatic heterocycles. The van der Waals surface area contributed by atoms with E-state index in [9.17, 15) is 14.7 Å². The van der Waals surface area contributed by atoms with Crippen molar-refractivity contribution in [3.8, 4) is 5.75 Å². The molecular formula is C27H26N2O4. The number of Topliss-reactive ketones (excluding diaryl/α,β-unsaturated/α-hetero) is 1. The molecule has 0 saturated carbocycles. The Morgan fingerprint density at radius 3 is 2.27 bits per heavy atom. The van der Waals surface area contributed by atoms with Crippen LogP contribution in [0.15, 0.2) is 72.6 Å². The fourth-order valence-corrected chi connectivity index (χ4v) is 4.16. The summed E-state index contributed by atoms with van der Waals surface area (Å²) in [5, 5.41) is 11.2. The van der Waals surface area contributed by atoms with Crippen LogP contribution in [-0.2, 0) is 9.59 Å². The van der Waals surface area contributed by atoms with Crippen LogP contribution in [0.3, 0.4) is 0 Å². The fourth-order valence-electron chi connectivity index (χ4n) is 4.16. The highest BCUT2D eigenvalue weighted by molar-refractivity contribution is 6.51. The van der Waals surface area contributed by atoms with Crippen molar-refractivity contribution < 1.29 is 19.4 Å². The molecule has 2 heterocycles. The van der Waals surface area contributed by atoms with Crippen LogP contribution in [0.1, 0.15) is 42.1 Å². The second-order valence-corrected chi connectivity index (χ2v) is 8.49. The van der Waals surface area contributed by atoms with Crippen LogP contribution in [0.5, 0.6) is 5.75 Å². The number of pyridine rings is 1. The van der Waals surface area contributed by atoms with Gasteiger partial charge in [-0.1, -0.05) is 12.1 Å². The van der Waals surface area contributed by atoms with E-state index in [1.165, 1.54) is 4.90 Å². The first-order chi connectivity index (χ1) is 15.8. The number of hydrogen-bond acceptors (Lipinski definition) is 5. The summed E-state index contributed by atoms with van der Waals surface area (Å²) in [6.45, 7) is 7.73. The highest BCUT2D eigenvalue weighted by Gasteiger charge is 2.47. The van der Waals surface area contributed by atoms with Gasteiger partial charge in [-0.2, -0.15) is 0 Å². The number of aliphatic hydroxyl groups excluding tert-OH is 1. The first-order valence-electron chi connectivity index (χ1n) is 10.8. The number of anilines is 1. The van der Waals surface area contributed by atoms with E-state index >= 15 is 0 Å². The molecular weight excluding hydrogens is 416 g/mol. The quantitative estimate of drug-likeness (QED) is 0.337. The Balaban J connectivity index is 1.87. The number of hydrogen-bond donors (Lipinski definition) is 1. The van der Waals surface area contributed by atoms with Gasteiger partial charge < -0.3 is 9.84 Å². The molecule has 1 fully saturated rings. The maximum atomic E-state index is 13.2. The van der Waals surface area contributed by atoms with E-state index in [1.54, 1.807) is 48.8 Å². The predicted molar refractivity (Wildman–Crippen MR) is 127 cm³/mol. The normalized spacial score (nSPS) is 17.6. The summed E-state index contributed by atoms with van der Waals surface area (Å²) in [6.07, 6.45) is 3.25. The van der Waals surface area contributed by atoms with E-state index in [-0.39, 0.29) is 17.4 Å². The number of carbonyl (C=O) groups excluding carboxylic acids is 2. The predicted octanol–water partition coefficient (Wildman–Crippen LogP) is 5.11. The van der Waals surface area contributed by atoms with E-state index in [4.69, 9.17) is 4.74 Å². The van der Waals surface area contributed by atoms with Crippen molar-refractivity contribution in [3.05, 3.63) is 94.8 Å². The number of aryl methyl sites for hydroxylation is 2. The third kappa shape index (κ3) is 4.37. The molecule has 0 aliphatic carbocycles. The number of ether oxygens (including phenoxy) is 1. The number of amides is 1. The molecule has 6 nitrogen and oxygen atoms in total. The zero-order valence-corrected chi connectivity index (χ0v) is 19.1. The third-order valence-electron chi connectivity index (χ3n) is 5.43. The van der Waals surface area contributed by atoms with Crippen LogP contribution in [-0.4, -0.2) is 27.9 Å². The molecule has 1 unspecified atom stereocenters. The lowest BCUT2D eigenvalue weighted by molar-refractivity contribution is -0.132. The van der Waals surface area contributed by atoms with E-state index in [2.05, 4.69) is 4.98 Å². The van der Waals surface area contributed by atoms with Crippen molar-refractivity contribution in [1.29, 1.82) is 0 Å². The van der Waals surface area contributed by atoms with Gasteiger partial charge in [0, 0.05) is 23.6 Å². The number of aromatic nitrogens is 1. The summed E-state index contributed by atoms with van der Waals surface area (Å²) in [5.74, 6) is -0.996. The van der Waals surface area contributed by atoms with Crippen molar-refractivity contribution >= 4 is 23.1 Å². The van der Waals surface area contributed by atoms with Gasteiger partial charge in [0.05, 0.1) is 17.7 Å². The summed E-state index contributed by atoms with van der Waals surface area (Å²) in [5.41, 5.74) is 3.64. The molecule has 0 radical (unpaired) electrons. The summed E-state index contributed by atoms with van der Waals surface area (Å²) >= 11 is 0. The minimum atomic E-state index is -0.800. The fraction of sp³-hybridized carbons (Fsp3) is 0.222. The Bertz CT molecular complexity index is 1210. The number of aliphatic hydroxyl groups is 1. The van der Waals surface area contributed by atoms with Crippen LogP contribution in [0.4, 0.5) is 5.69 Å². The van der Waals surface area contributed by atoms with Crippen LogP contribution in [0, 0.1) is 13.8 Å². The molecule has 0 spiro atoms. The first kappa shape index (κ1) is 22.3. The minimum absolute atomic E-state index is 0.0122. The zero-order valence-electron chi connectivity index (χ0n) is 19.1. The first-order valence-corrected chi connectivity index (χ1v) is 10.8. The standard InChI is InChI=1S/C27H26N2O4/c1-16(2)33-22-9-7-19(8-10-22)25(30)23-24(20-6-5-11-28-15-20)29(27(32)26(23)31)21-13-17(3)12-18(4)14-21/h5-16,24,30H,1-4H3/b25-23+. The summed E-state index contributed by atoms with van der Waals surface area (Å²) in [6, 6.07) is 15.3. The second-order valence-electron chi connectivity index (χ2n) is 8.49. The number of rotatable bonds is 5. The number of nitrogens with zero attached hydrogens (tertiary/aromatic N) is 2. The Hall–Kier alpha value is -3.93. The number of benzene rings is 2. The lowest BCUT2D eigenvalue weighted by Gasteiger charge is -2.26. The average molecular weight is 443 g/mol. The van der Waals surface area contributed by atoms with Gasteiger partial charge in [0.25, 0.3) is 11.7 Å². The SMILES string of the molecule is Cc1cc(C)cc(N2C(=O)C(=O)/C(=C(/O)c3ccc(OC(C)C)cc3)C2c2cccnc2)c1. The largest absolute Gasteiger partial charge is 0.507 e. The molecule has 1 N–H and O–H groups in total. The van der Waals surface area contributed by atoms with Gasteiger partial charge in [0.1, 0.15) is 11.5 Å². The van der Waals surface area contributed by atoms with E-state index < -0.39 is 17.7 Å². The Morgan fingerprint density at radius 1 is 1.03 bits per heavy atom. The van der Waals surface area contributed by atoms with Crippen molar-refractivity contribution in [2.75, 3.05) is 4.90 Å². The lowest BCUT2D eigenvalue weighted by atomic mass is 9.96. The van der Waals surface area contributed by atoms with Crippen molar-refractivity contribution in [2.24, 2.45) is 0 Å². The van der Waals surface area contributed by atoms with Gasteiger partial charge in [-0.15, -0.1) is 0 Å².